The van der Waals surface area contributed by atoms with Crippen LogP contribution in [0.3, 0.4) is 0 Å². The molecular formula is C11H21NO. The minimum absolute atomic E-state index is 0.837. The van der Waals surface area contributed by atoms with Gasteiger partial charge in [0.05, 0.1) is 0 Å². The van der Waals surface area contributed by atoms with E-state index in [1.807, 2.05) is 6.08 Å². The summed E-state index contributed by atoms with van der Waals surface area (Å²) in [7, 11) is 0. The molecule has 1 saturated heterocycles. The van der Waals surface area contributed by atoms with Crippen molar-refractivity contribution in [3.8, 4) is 0 Å². The number of nitrogens with one attached hydrogen (secondary N) is 1. The van der Waals surface area contributed by atoms with Crippen molar-refractivity contribution in [3.63, 3.8) is 0 Å². The largest absolute Gasteiger partial charge is 0.381 e. The van der Waals surface area contributed by atoms with Crippen LogP contribution in [0.25, 0.3) is 0 Å². The van der Waals surface area contributed by atoms with Crippen molar-refractivity contribution in [2.24, 2.45) is 5.92 Å². The fourth-order valence-electron chi connectivity index (χ4n) is 1.69. The van der Waals surface area contributed by atoms with Gasteiger partial charge >= 0.3 is 0 Å². The molecule has 1 unspecified atom stereocenters. The van der Waals surface area contributed by atoms with E-state index < -0.39 is 0 Å². The van der Waals surface area contributed by atoms with E-state index in [4.69, 9.17) is 4.74 Å². The third-order valence-corrected chi connectivity index (χ3v) is 2.54. The van der Waals surface area contributed by atoms with Crippen molar-refractivity contribution in [2.45, 2.75) is 25.7 Å². The Morgan fingerprint density at radius 1 is 1.46 bits per heavy atom. The van der Waals surface area contributed by atoms with Crippen LogP contribution in [0, 0.1) is 5.92 Å². The van der Waals surface area contributed by atoms with Crippen molar-refractivity contribution in [1.82, 2.24) is 5.32 Å². The molecule has 76 valence electrons. The number of hydrogen-bond donors (Lipinski definition) is 1. The highest BCUT2D eigenvalue weighted by molar-refractivity contribution is 4.69. The maximum absolute atomic E-state index is 5.48. The second-order valence-corrected chi connectivity index (χ2v) is 3.69. The molecule has 0 spiro atoms. The molecule has 1 aliphatic heterocycles. The van der Waals surface area contributed by atoms with Crippen LogP contribution in [0.2, 0.25) is 0 Å². The zero-order chi connectivity index (χ0) is 9.36. The lowest BCUT2D eigenvalue weighted by Gasteiger charge is -2.22. The summed E-state index contributed by atoms with van der Waals surface area (Å²) in [5, 5.41) is 3.42. The molecule has 2 nitrogen and oxygen atoms in total. The fourth-order valence-corrected chi connectivity index (χ4v) is 1.69. The quantitative estimate of drug-likeness (QED) is 0.502. The molecule has 13 heavy (non-hydrogen) atoms. The Bertz CT molecular complexity index is 130. The number of rotatable bonds is 6. The monoisotopic (exact) mass is 183 g/mol. The SMILES string of the molecule is C=CCCOCCC1CCCNC1. The molecule has 0 bridgehead atoms. The predicted molar refractivity (Wildman–Crippen MR) is 55.8 cm³/mol. The van der Waals surface area contributed by atoms with Gasteiger partial charge in [0.15, 0.2) is 0 Å². The van der Waals surface area contributed by atoms with Gasteiger partial charge in [0.1, 0.15) is 0 Å². The zero-order valence-corrected chi connectivity index (χ0v) is 8.43. The van der Waals surface area contributed by atoms with Gasteiger partial charge in [-0.15, -0.1) is 6.58 Å². The lowest BCUT2D eigenvalue weighted by molar-refractivity contribution is 0.119. The average molecular weight is 183 g/mol. The normalized spacial score (nSPS) is 22.9. The summed E-state index contributed by atoms with van der Waals surface area (Å²) >= 11 is 0. The van der Waals surface area contributed by atoms with Crippen LogP contribution in [-0.4, -0.2) is 26.3 Å². The van der Waals surface area contributed by atoms with Crippen molar-refractivity contribution in [1.29, 1.82) is 0 Å². The Morgan fingerprint density at radius 3 is 3.08 bits per heavy atom. The van der Waals surface area contributed by atoms with Gasteiger partial charge in [0, 0.05) is 13.2 Å². The Hall–Kier alpha value is -0.340. The highest BCUT2D eigenvalue weighted by atomic mass is 16.5. The molecule has 1 fully saturated rings. The van der Waals surface area contributed by atoms with Gasteiger partial charge in [-0.1, -0.05) is 6.08 Å². The van der Waals surface area contributed by atoms with Gasteiger partial charge in [-0.2, -0.15) is 0 Å². The number of hydrogen-bond acceptors (Lipinski definition) is 2. The molecule has 0 aromatic carbocycles. The Labute approximate surface area is 81.4 Å². The second kappa shape index (κ2) is 7.10. The topological polar surface area (TPSA) is 21.3 Å². The van der Waals surface area contributed by atoms with Gasteiger partial charge in [-0.05, 0) is 44.7 Å². The summed E-state index contributed by atoms with van der Waals surface area (Å²) < 4.78 is 5.48. The smallest absolute Gasteiger partial charge is 0.0500 e. The molecule has 0 radical (unpaired) electrons. The minimum atomic E-state index is 0.837. The van der Waals surface area contributed by atoms with Gasteiger partial charge in [-0.3, -0.25) is 0 Å². The maximum Gasteiger partial charge on any atom is 0.0500 e. The molecule has 1 atom stereocenters. The van der Waals surface area contributed by atoms with Crippen molar-refractivity contribution in [2.75, 3.05) is 26.3 Å². The van der Waals surface area contributed by atoms with Crippen LogP contribution in [-0.2, 0) is 4.74 Å². The lowest BCUT2D eigenvalue weighted by atomic mass is 9.97. The Balaban J connectivity index is 1.89. The molecule has 0 aromatic rings. The first-order chi connectivity index (χ1) is 6.43. The van der Waals surface area contributed by atoms with E-state index >= 15 is 0 Å². The van der Waals surface area contributed by atoms with E-state index in [0.29, 0.717) is 0 Å². The second-order valence-electron chi connectivity index (χ2n) is 3.69. The van der Waals surface area contributed by atoms with Crippen LogP contribution in [0.15, 0.2) is 12.7 Å². The molecule has 1 heterocycles. The lowest BCUT2D eigenvalue weighted by Crippen LogP contribution is -2.30. The van der Waals surface area contributed by atoms with Gasteiger partial charge < -0.3 is 10.1 Å². The molecule has 0 aromatic heterocycles. The van der Waals surface area contributed by atoms with E-state index in [0.717, 1.165) is 25.6 Å². The van der Waals surface area contributed by atoms with E-state index in [9.17, 15) is 0 Å². The molecule has 1 aliphatic rings. The average Bonchev–Trinajstić information content (AvgIpc) is 2.19. The molecule has 0 saturated carbocycles. The summed E-state index contributed by atoms with van der Waals surface area (Å²) in [6.07, 6.45) is 6.80. The molecular weight excluding hydrogens is 162 g/mol. The molecule has 1 rings (SSSR count). The third kappa shape index (κ3) is 5.06. The van der Waals surface area contributed by atoms with Crippen LogP contribution < -0.4 is 5.32 Å². The Kier molecular flexibility index (Phi) is 5.87. The summed E-state index contributed by atoms with van der Waals surface area (Å²) in [5.74, 6) is 0.845. The zero-order valence-electron chi connectivity index (χ0n) is 8.43. The summed E-state index contributed by atoms with van der Waals surface area (Å²) in [4.78, 5) is 0. The molecule has 1 N–H and O–H groups in total. The van der Waals surface area contributed by atoms with Crippen molar-refractivity contribution >= 4 is 0 Å². The van der Waals surface area contributed by atoms with Crippen LogP contribution in [0.5, 0.6) is 0 Å². The predicted octanol–water partition coefficient (Wildman–Crippen LogP) is 1.97. The van der Waals surface area contributed by atoms with Crippen molar-refractivity contribution < 1.29 is 4.74 Å². The first-order valence-electron chi connectivity index (χ1n) is 5.33. The van der Waals surface area contributed by atoms with E-state index in [1.165, 1.54) is 32.4 Å². The summed E-state index contributed by atoms with van der Waals surface area (Å²) in [6.45, 7) is 7.80. The fraction of sp³-hybridized carbons (Fsp3) is 0.818. The first kappa shape index (κ1) is 10.7. The van der Waals surface area contributed by atoms with Crippen LogP contribution in [0.1, 0.15) is 25.7 Å². The van der Waals surface area contributed by atoms with E-state index in [2.05, 4.69) is 11.9 Å². The van der Waals surface area contributed by atoms with Crippen molar-refractivity contribution in [3.05, 3.63) is 12.7 Å². The van der Waals surface area contributed by atoms with Gasteiger partial charge in [0.2, 0.25) is 0 Å². The van der Waals surface area contributed by atoms with Crippen LogP contribution in [0.4, 0.5) is 0 Å². The molecule has 0 aliphatic carbocycles. The first-order valence-corrected chi connectivity index (χ1v) is 5.33. The minimum Gasteiger partial charge on any atom is -0.381 e. The molecule has 2 heteroatoms. The van der Waals surface area contributed by atoms with Gasteiger partial charge in [-0.25, -0.2) is 0 Å². The number of piperidine rings is 1. The number of ether oxygens (including phenoxy) is 1. The highest BCUT2D eigenvalue weighted by Gasteiger charge is 2.11. The standard InChI is InChI=1S/C11H21NO/c1-2-3-8-13-9-6-11-5-4-7-12-10-11/h2,11-12H,1,3-10H2. The summed E-state index contributed by atoms with van der Waals surface area (Å²) in [6, 6.07) is 0. The van der Waals surface area contributed by atoms with E-state index in [-0.39, 0.29) is 0 Å². The van der Waals surface area contributed by atoms with E-state index in [1.54, 1.807) is 0 Å². The Morgan fingerprint density at radius 2 is 2.38 bits per heavy atom. The van der Waals surface area contributed by atoms with Crippen LogP contribution >= 0.6 is 0 Å². The van der Waals surface area contributed by atoms with Gasteiger partial charge in [0.25, 0.3) is 0 Å². The maximum atomic E-state index is 5.48. The highest BCUT2D eigenvalue weighted by Crippen LogP contribution is 2.13. The summed E-state index contributed by atoms with van der Waals surface area (Å²) in [5.41, 5.74) is 0. The molecule has 0 amide bonds. The third-order valence-electron chi connectivity index (χ3n) is 2.54.